The number of aryl methyl sites for hydroxylation is 2. The van der Waals surface area contributed by atoms with E-state index in [-0.39, 0.29) is 17.8 Å². The van der Waals surface area contributed by atoms with E-state index in [2.05, 4.69) is 10.2 Å². The van der Waals surface area contributed by atoms with Gasteiger partial charge in [-0.1, -0.05) is 12.8 Å². The van der Waals surface area contributed by atoms with Crippen LogP contribution in [0.25, 0.3) is 5.78 Å². The van der Waals surface area contributed by atoms with Gasteiger partial charge in [-0.25, -0.2) is 20.3 Å². The van der Waals surface area contributed by atoms with Gasteiger partial charge in [0.2, 0.25) is 5.78 Å². The second kappa shape index (κ2) is 9.07. The van der Waals surface area contributed by atoms with E-state index in [0.717, 1.165) is 6.42 Å². The highest BCUT2D eigenvalue weighted by molar-refractivity contribution is 6.14. The Hall–Kier alpha value is -4.13. The molecule has 2 aliphatic rings. The summed E-state index contributed by atoms with van der Waals surface area (Å²) in [6.45, 7) is 5.82. The molecule has 0 saturated heterocycles. The number of carbonyl (C=O) groups is 1. The number of hydrogen-bond acceptors (Lipinski definition) is 8. The van der Waals surface area contributed by atoms with E-state index >= 15 is 0 Å². The largest absolute Gasteiger partial charge is 0.463 e. The number of nitrogens with one attached hydrogen (secondary N) is 1. The Morgan fingerprint density at radius 2 is 2.08 bits per heavy atom. The minimum atomic E-state index is -0.320. The third-order valence-corrected chi connectivity index (χ3v) is 7.08. The highest BCUT2D eigenvalue weighted by Gasteiger charge is 2.37. The summed E-state index contributed by atoms with van der Waals surface area (Å²) in [5, 5.41) is 8.78. The van der Waals surface area contributed by atoms with Crippen molar-refractivity contribution in [2.75, 3.05) is 18.1 Å². The Bertz CT molecular complexity index is 1510. The molecule has 1 saturated carbocycles. The molecule has 5 heterocycles. The molecule has 6 rings (SSSR count). The second-order valence-electron chi connectivity index (χ2n) is 9.48. The van der Waals surface area contributed by atoms with Crippen LogP contribution >= 0.6 is 0 Å². The lowest BCUT2D eigenvalue weighted by Crippen LogP contribution is -2.45. The van der Waals surface area contributed by atoms with Gasteiger partial charge in [0.1, 0.15) is 17.6 Å². The van der Waals surface area contributed by atoms with Gasteiger partial charge in [-0.15, -0.1) is 0 Å². The molecule has 1 amide bonds. The predicted molar refractivity (Wildman–Crippen MR) is 135 cm³/mol. The molecule has 0 spiro atoms. The zero-order valence-electron chi connectivity index (χ0n) is 20.9. The number of fused-ring (bicyclic) bond motifs is 3. The summed E-state index contributed by atoms with van der Waals surface area (Å²) in [6, 6.07) is 3.64. The Balaban J connectivity index is 1.31. The van der Waals surface area contributed by atoms with Crippen molar-refractivity contribution in [1.29, 1.82) is 0 Å². The highest BCUT2D eigenvalue weighted by atomic mass is 16.3. The van der Waals surface area contributed by atoms with Crippen LogP contribution in [0.15, 0.2) is 45.0 Å². The number of nitrogens with two attached hydrogens (primary N) is 1. The van der Waals surface area contributed by atoms with Crippen molar-refractivity contribution < 1.29 is 9.21 Å². The van der Waals surface area contributed by atoms with Crippen LogP contribution in [-0.4, -0.2) is 64.7 Å². The Labute approximate surface area is 212 Å². The summed E-state index contributed by atoms with van der Waals surface area (Å²) in [6.07, 6.45) is 7.81. The third-order valence-electron chi connectivity index (χ3n) is 7.08. The van der Waals surface area contributed by atoms with Gasteiger partial charge in [0.15, 0.2) is 11.6 Å². The average molecular weight is 507 g/mol. The molecule has 0 bridgehead atoms. The van der Waals surface area contributed by atoms with Crippen molar-refractivity contribution in [3.63, 3.8) is 0 Å². The number of carbonyl (C=O) groups excluding carboxylic acids is 1. The number of hydrazine groups is 1. The lowest BCUT2D eigenvalue weighted by Gasteiger charge is -2.29. The van der Waals surface area contributed by atoms with Crippen LogP contribution in [0, 0.1) is 5.92 Å². The van der Waals surface area contributed by atoms with Gasteiger partial charge in [-0.05, 0) is 38.3 Å². The zero-order valence-corrected chi connectivity index (χ0v) is 20.9. The maximum atomic E-state index is 12.9. The molecule has 1 aliphatic heterocycles. The number of hydrogen-bond donors (Lipinski definition) is 2. The van der Waals surface area contributed by atoms with E-state index in [4.69, 9.17) is 20.2 Å². The van der Waals surface area contributed by atoms with Gasteiger partial charge in [0, 0.05) is 19.3 Å². The van der Waals surface area contributed by atoms with Crippen LogP contribution in [0.5, 0.6) is 0 Å². The Morgan fingerprint density at radius 3 is 2.78 bits per heavy atom. The molecule has 3 N–H and O–H groups in total. The average Bonchev–Trinajstić information content (AvgIpc) is 3.29. The molecule has 1 unspecified atom stereocenters. The van der Waals surface area contributed by atoms with Gasteiger partial charge < -0.3 is 9.32 Å². The smallest absolute Gasteiger partial charge is 0.343 e. The summed E-state index contributed by atoms with van der Waals surface area (Å²) in [5.41, 5.74) is 1.40. The van der Waals surface area contributed by atoms with Crippen LogP contribution in [-0.2, 0) is 13.1 Å². The minimum absolute atomic E-state index is 0.0630. The number of aliphatic imine (C=N–C) groups is 1. The lowest BCUT2D eigenvalue weighted by molar-refractivity contribution is 0.0773. The molecular formula is C24H30N10O3. The molecule has 1 aliphatic carbocycles. The fourth-order valence-corrected chi connectivity index (χ4v) is 4.84. The van der Waals surface area contributed by atoms with Crippen LogP contribution in [0.3, 0.4) is 0 Å². The van der Waals surface area contributed by atoms with Gasteiger partial charge in [-0.2, -0.15) is 10.1 Å². The number of rotatable bonds is 9. The number of aromatic nitrogens is 6. The third kappa shape index (κ3) is 4.04. The molecule has 13 nitrogen and oxygen atoms in total. The van der Waals surface area contributed by atoms with Gasteiger partial charge in [0.25, 0.3) is 5.91 Å². The molecule has 0 radical (unpaired) electrons. The molecule has 0 aromatic carbocycles. The van der Waals surface area contributed by atoms with Crippen molar-refractivity contribution in [3.05, 3.63) is 58.3 Å². The molecule has 4 aromatic heterocycles. The fourth-order valence-electron chi connectivity index (χ4n) is 4.84. The second-order valence-corrected chi connectivity index (χ2v) is 9.48. The highest BCUT2D eigenvalue weighted by Crippen LogP contribution is 2.38. The fraction of sp³-hybridized carbons (Fsp3) is 0.458. The van der Waals surface area contributed by atoms with Gasteiger partial charge in [-0.3, -0.25) is 24.0 Å². The van der Waals surface area contributed by atoms with Crippen LogP contribution in [0.2, 0.25) is 0 Å². The molecule has 1 atom stereocenters. The number of imidazole rings is 1. The van der Waals surface area contributed by atoms with Crippen LogP contribution in [0.1, 0.15) is 54.9 Å². The molecule has 37 heavy (non-hydrogen) atoms. The van der Waals surface area contributed by atoms with E-state index in [1.807, 2.05) is 19.9 Å². The van der Waals surface area contributed by atoms with E-state index in [0.29, 0.717) is 66.4 Å². The van der Waals surface area contributed by atoms with Crippen molar-refractivity contribution in [2.45, 2.75) is 52.4 Å². The van der Waals surface area contributed by atoms with Crippen molar-refractivity contribution in [1.82, 2.24) is 33.8 Å². The van der Waals surface area contributed by atoms with E-state index in [9.17, 15) is 9.59 Å². The number of furan rings is 1. The summed E-state index contributed by atoms with van der Waals surface area (Å²) >= 11 is 0. The number of nitrogens with zero attached hydrogens (tertiary/aromatic N) is 8. The molecular weight excluding hydrogens is 476 g/mol. The van der Waals surface area contributed by atoms with Crippen molar-refractivity contribution >= 4 is 23.2 Å². The first-order valence-electron chi connectivity index (χ1n) is 12.7. The number of aromatic amines is 1. The Kier molecular flexibility index (Phi) is 5.71. The normalized spacial score (nSPS) is 17.3. The van der Waals surface area contributed by atoms with E-state index < -0.39 is 0 Å². The Morgan fingerprint density at radius 1 is 1.27 bits per heavy atom. The molecule has 194 valence electrons. The first-order valence-corrected chi connectivity index (χ1v) is 12.7. The van der Waals surface area contributed by atoms with Crippen molar-refractivity contribution in [2.24, 2.45) is 16.8 Å². The lowest BCUT2D eigenvalue weighted by atomic mass is 10.1. The molecule has 1 fully saturated rings. The van der Waals surface area contributed by atoms with Crippen molar-refractivity contribution in [3.8, 4) is 0 Å². The zero-order chi connectivity index (χ0) is 25.7. The summed E-state index contributed by atoms with van der Waals surface area (Å²) < 4.78 is 10.5. The summed E-state index contributed by atoms with van der Waals surface area (Å²) in [5.74, 6) is 8.60. The molecule has 13 heteroatoms. The quantitative estimate of drug-likeness (QED) is 0.327. The SMILES string of the molecule is CCN(CC)C(=O)c1cnn(CCn2c(=O)[nH]n3c4c(nc23)N(N)C(CC2CC2)N=C4c2ccco2)c1. The monoisotopic (exact) mass is 506 g/mol. The van der Waals surface area contributed by atoms with Crippen LogP contribution in [0.4, 0.5) is 5.82 Å². The topological polar surface area (TPSA) is 148 Å². The minimum Gasteiger partial charge on any atom is -0.463 e. The van der Waals surface area contributed by atoms with Crippen LogP contribution < -0.4 is 16.5 Å². The summed E-state index contributed by atoms with van der Waals surface area (Å²) in [4.78, 5) is 37.0. The van der Waals surface area contributed by atoms with Gasteiger partial charge >= 0.3 is 5.69 Å². The standard InChI is InChI=1S/C24H30N10O3/c1-3-30(4-2)22(35)16-13-26-31(14-16)9-10-32-23-28-21-20(34(23)29-24(32)36)19(17-6-5-11-37-17)27-18(33(21)25)12-15-7-8-15/h5-6,11,13-15,18H,3-4,7-10,12,25H2,1-2H3,(H,29,36). The summed E-state index contributed by atoms with van der Waals surface area (Å²) in [7, 11) is 0. The first-order chi connectivity index (χ1) is 18.0. The predicted octanol–water partition coefficient (Wildman–Crippen LogP) is 1.45. The number of H-pyrrole nitrogens is 1. The maximum absolute atomic E-state index is 12.9. The maximum Gasteiger partial charge on any atom is 0.343 e. The number of amides is 1. The van der Waals surface area contributed by atoms with Gasteiger partial charge in [0.05, 0.1) is 31.1 Å². The molecule has 4 aromatic rings. The number of anilines is 1. The first kappa shape index (κ1) is 23.3. The van der Waals surface area contributed by atoms with E-state index in [1.165, 1.54) is 17.4 Å². The van der Waals surface area contributed by atoms with E-state index in [1.54, 1.807) is 43.8 Å².